The molecule has 1 spiro atoms. The van der Waals surface area contributed by atoms with Crippen LogP contribution in [0, 0.1) is 18.8 Å². The number of carbonyl (C=O) groups is 4. The van der Waals surface area contributed by atoms with Crippen molar-refractivity contribution >= 4 is 40.9 Å². The van der Waals surface area contributed by atoms with Crippen LogP contribution in [0.25, 0.3) is 0 Å². The number of nitrogens with one attached hydrogen (secondary N) is 2. The van der Waals surface area contributed by atoms with Crippen LogP contribution in [0.2, 0.25) is 5.02 Å². The summed E-state index contributed by atoms with van der Waals surface area (Å²) >= 11 is 6.44. The van der Waals surface area contributed by atoms with Gasteiger partial charge in [-0.15, -0.1) is 0 Å². The lowest BCUT2D eigenvalue weighted by atomic mass is 9.76. The highest BCUT2D eigenvalue weighted by atomic mass is 35.5. The van der Waals surface area contributed by atoms with Crippen LogP contribution in [0.15, 0.2) is 30.3 Å². The van der Waals surface area contributed by atoms with E-state index in [-0.39, 0.29) is 26.2 Å². The second kappa shape index (κ2) is 7.94. The summed E-state index contributed by atoms with van der Waals surface area (Å²) in [6.07, 6.45) is 0.209. The summed E-state index contributed by atoms with van der Waals surface area (Å²) in [5, 5.41) is 6.44. The Hall–Kier alpha value is -3.63. The zero-order valence-corrected chi connectivity index (χ0v) is 20.1. The minimum atomic E-state index is -1.49. The number of anilines is 1. The third-order valence-corrected chi connectivity index (χ3v) is 7.79. The van der Waals surface area contributed by atoms with E-state index in [1.807, 2.05) is 6.92 Å². The summed E-state index contributed by atoms with van der Waals surface area (Å²) in [6, 6.07) is 8.14. The van der Waals surface area contributed by atoms with Gasteiger partial charge >= 0.3 is 0 Å². The molecule has 0 aliphatic carbocycles. The smallest absolute Gasteiger partial charge is 0.250 e. The van der Waals surface area contributed by atoms with Crippen molar-refractivity contribution in [1.29, 1.82) is 0 Å². The summed E-state index contributed by atoms with van der Waals surface area (Å²) < 4.78 is 10.8. The topological polar surface area (TPSA) is 140 Å². The van der Waals surface area contributed by atoms with E-state index in [1.165, 1.54) is 4.90 Å². The van der Waals surface area contributed by atoms with Gasteiger partial charge in [0.1, 0.15) is 5.54 Å². The molecule has 2 aromatic rings. The van der Waals surface area contributed by atoms with Crippen molar-refractivity contribution in [2.75, 3.05) is 12.1 Å². The minimum Gasteiger partial charge on any atom is -0.454 e. The lowest BCUT2D eigenvalue weighted by molar-refractivity contribution is -0.143. The predicted molar refractivity (Wildman–Crippen MR) is 127 cm³/mol. The Bertz CT molecular complexity index is 1360. The van der Waals surface area contributed by atoms with Crippen molar-refractivity contribution in [3.8, 4) is 11.5 Å². The number of benzene rings is 2. The van der Waals surface area contributed by atoms with Gasteiger partial charge in [0.2, 0.25) is 30.4 Å². The van der Waals surface area contributed by atoms with Crippen LogP contribution in [-0.4, -0.2) is 41.4 Å². The van der Waals surface area contributed by atoms with Gasteiger partial charge in [-0.1, -0.05) is 23.7 Å². The molecule has 2 aromatic carbocycles. The average Bonchev–Trinajstić information content (AvgIpc) is 3.55. The van der Waals surface area contributed by atoms with E-state index < -0.39 is 47.0 Å². The first-order chi connectivity index (χ1) is 17.2. The molecule has 4 heterocycles. The number of halogens is 1. The molecule has 36 heavy (non-hydrogen) atoms. The van der Waals surface area contributed by atoms with Crippen molar-refractivity contribution in [2.24, 2.45) is 17.6 Å². The van der Waals surface area contributed by atoms with Crippen molar-refractivity contribution in [3.63, 3.8) is 0 Å². The fraction of sp³-hybridized carbons (Fsp3) is 0.360. The number of nitrogens with zero attached hydrogens (tertiary/aromatic N) is 1. The highest BCUT2D eigenvalue weighted by Crippen LogP contribution is 2.55. The molecule has 2 fully saturated rings. The van der Waals surface area contributed by atoms with Gasteiger partial charge in [0, 0.05) is 18.0 Å². The number of likely N-dealkylation sites (tertiary alicyclic amines) is 1. The number of hydrogen-bond donors (Lipinski definition) is 3. The van der Waals surface area contributed by atoms with E-state index in [0.717, 1.165) is 5.56 Å². The molecule has 11 heteroatoms. The summed E-state index contributed by atoms with van der Waals surface area (Å²) in [4.78, 5) is 53.9. The number of carbonyl (C=O) groups excluding carboxylic acids is 4. The van der Waals surface area contributed by atoms with Crippen molar-refractivity contribution in [3.05, 3.63) is 52.0 Å². The van der Waals surface area contributed by atoms with E-state index in [0.29, 0.717) is 33.3 Å². The third-order valence-electron chi connectivity index (χ3n) is 7.49. The number of amides is 4. The number of imide groups is 1. The van der Waals surface area contributed by atoms with Crippen LogP contribution in [-0.2, 0) is 31.3 Å². The number of ether oxygens (including phenoxy) is 2. The number of fused-ring (bicyclic) bond motifs is 5. The zero-order chi connectivity index (χ0) is 25.4. The maximum atomic E-state index is 13.9. The average molecular weight is 511 g/mol. The van der Waals surface area contributed by atoms with Crippen LogP contribution in [0.5, 0.6) is 11.5 Å². The van der Waals surface area contributed by atoms with Crippen LogP contribution < -0.4 is 25.8 Å². The molecule has 0 unspecified atom stereocenters. The Labute approximate surface area is 211 Å². The lowest BCUT2D eigenvalue weighted by Crippen LogP contribution is -2.53. The van der Waals surface area contributed by atoms with E-state index in [9.17, 15) is 19.2 Å². The third kappa shape index (κ3) is 3.14. The van der Waals surface area contributed by atoms with Gasteiger partial charge in [-0.3, -0.25) is 29.4 Å². The highest BCUT2D eigenvalue weighted by Gasteiger charge is 2.70. The quantitative estimate of drug-likeness (QED) is 0.518. The van der Waals surface area contributed by atoms with E-state index >= 15 is 0 Å². The maximum Gasteiger partial charge on any atom is 0.250 e. The van der Waals surface area contributed by atoms with E-state index in [4.69, 9.17) is 26.8 Å². The monoisotopic (exact) mass is 510 g/mol. The Morgan fingerprint density at radius 1 is 1.17 bits per heavy atom. The molecule has 0 bridgehead atoms. The van der Waals surface area contributed by atoms with Gasteiger partial charge in [-0.2, -0.15) is 0 Å². The molecule has 4 aliphatic heterocycles. The normalized spacial score (nSPS) is 27.6. The summed E-state index contributed by atoms with van der Waals surface area (Å²) in [7, 11) is 0. The molecule has 186 valence electrons. The second-order valence-corrected chi connectivity index (χ2v) is 10.0. The summed E-state index contributed by atoms with van der Waals surface area (Å²) in [5.74, 6) is -2.56. The molecule has 0 aromatic heterocycles. The highest BCUT2D eigenvalue weighted by molar-refractivity contribution is 6.35. The molecule has 0 radical (unpaired) electrons. The molecular weight excluding hydrogens is 488 g/mol. The van der Waals surface area contributed by atoms with Gasteiger partial charge in [0.15, 0.2) is 11.5 Å². The largest absolute Gasteiger partial charge is 0.454 e. The number of rotatable bonds is 5. The number of primary amides is 1. The van der Waals surface area contributed by atoms with E-state index in [1.54, 1.807) is 30.3 Å². The second-order valence-electron chi connectivity index (χ2n) is 9.64. The van der Waals surface area contributed by atoms with Gasteiger partial charge < -0.3 is 20.5 Å². The Morgan fingerprint density at radius 3 is 2.72 bits per heavy atom. The Kier molecular flexibility index (Phi) is 5.03. The molecule has 10 nitrogen and oxygen atoms in total. The molecule has 4 aliphatic rings. The standard InChI is InChI=1S/C25H23ClN4O6/c1-11-6-13-21(14(26)7-11)28-24(34)25(13)20-19(15(29-25)3-5-18(27)31)22(32)30(23(20)33)9-12-2-4-16-17(8-12)36-10-35-16/h2,4,6-8,15,19-20,29H,3,5,9-10H2,1H3,(H2,27,31)(H,28,34)/t15-,19+,20-,25+/m0/s1. The van der Waals surface area contributed by atoms with Crippen LogP contribution in [0.1, 0.15) is 29.5 Å². The van der Waals surface area contributed by atoms with Crippen molar-refractivity contribution in [1.82, 2.24) is 10.2 Å². The summed E-state index contributed by atoms with van der Waals surface area (Å²) in [6.45, 7) is 1.97. The predicted octanol–water partition coefficient (Wildman–Crippen LogP) is 1.56. The first-order valence-electron chi connectivity index (χ1n) is 11.6. The SMILES string of the molecule is Cc1cc(Cl)c2c(c1)[C@]1(N[C@@H](CCC(N)=O)[C@H]3C(=O)N(Cc4ccc5c(c4)OCO5)C(=O)[C@H]31)C(=O)N2. The van der Waals surface area contributed by atoms with E-state index in [2.05, 4.69) is 10.6 Å². The number of hydrogen-bond acceptors (Lipinski definition) is 7. The summed E-state index contributed by atoms with van der Waals surface area (Å²) in [5.41, 5.74) is 6.34. The molecule has 4 amide bonds. The zero-order valence-electron chi connectivity index (χ0n) is 19.3. The molecule has 4 N–H and O–H groups in total. The molecule has 0 saturated carbocycles. The van der Waals surface area contributed by atoms with Gasteiger partial charge in [0.25, 0.3) is 0 Å². The van der Waals surface area contributed by atoms with Crippen LogP contribution in [0.4, 0.5) is 5.69 Å². The Balaban J connectivity index is 1.42. The molecule has 6 rings (SSSR count). The molecule has 2 saturated heterocycles. The minimum absolute atomic E-state index is 0.00362. The van der Waals surface area contributed by atoms with Gasteiger partial charge in [-0.05, 0) is 42.7 Å². The molecule has 4 atom stereocenters. The van der Waals surface area contributed by atoms with Crippen molar-refractivity contribution in [2.45, 2.75) is 37.9 Å². The fourth-order valence-electron chi connectivity index (χ4n) is 5.98. The lowest BCUT2D eigenvalue weighted by Gasteiger charge is -2.29. The number of nitrogens with two attached hydrogens (primary N) is 1. The first-order valence-corrected chi connectivity index (χ1v) is 12.0. The fourth-order valence-corrected chi connectivity index (χ4v) is 6.30. The van der Waals surface area contributed by atoms with Crippen LogP contribution in [0.3, 0.4) is 0 Å². The van der Waals surface area contributed by atoms with Crippen molar-refractivity contribution < 1.29 is 28.7 Å². The Morgan fingerprint density at radius 2 is 1.94 bits per heavy atom. The van der Waals surface area contributed by atoms with Gasteiger partial charge in [0.05, 0.1) is 29.1 Å². The van der Waals surface area contributed by atoms with Crippen LogP contribution >= 0.6 is 11.6 Å². The van der Waals surface area contributed by atoms with Gasteiger partial charge in [-0.25, -0.2) is 0 Å². The molecular formula is C25H23ClN4O6. The maximum absolute atomic E-state index is 13.9. The number of aryl methyl sites for hydroxylation is 1. The first kappa shape index (κ1) is 22.8.